The Labute approximate surface area is 214 Å². The summed E-state index contributed by atoms with van der Waals surface area (Å²) >= 11 is 1.37. The molecule has 3 N–H and O–H groups in total. The van der Waals surface area contributed by atoms with Crippen LogP contribution in [0, 0.1) is 23.5 Å². The van der Waals surface area contributed by atoms with E-state index in [0.29, 0.717) is 13.0 Å². The summed E-state index contributed by atoms with van der Waals surface area (Å²) in [5, 5.41) is 2.77. The van der Waals surface area contributed by atoms with Crippen LogP contribution in [0.3, 0.4) is 0 Å². The molecule has 3 aliphatic rings. The number of nitrogens with zero attached hydrogens (tertiary/aromatic N) is 3. The molecule has 2 aliphatic carbocycles. The number of aliphatic imine (C=N–C) groups is 1. The van der Waals surface area contributed by atoms with Gasteiger partial charge in [-0.25, -0.2) is 27.5 Å². The highest BCUT2D eigenvalue weighted by Crippen LogP contribution is 2.66. The molecule has 13 heteroatoms. The minimum atomic E-state index is -2.64. The lowest BCUT2D eigenvalue weighted by atomic mass is 9.82. The molecule has 1 amide bonds. The Morgan fingerprint density at radius 3 is 2.62 bits per heavy atom. The molecular formula is C24H25F4N5O3S. The summed E-state index contributed by atoms with van der Waals surface area (Å²) in [4.78, 5) is 25.2. The summed E-state index contributed by atoms with van der Waals surface area (Å²) in [7, 11) is 1.57. The normalized spacial score (nSPS) is 28.1. The van der Waals surface area contributed by atoms with Gasteiger partial charge in [-0.2, -0.15) is 0 Å². The largest absolute Gasteiger partial charge is 0.476 e. The summed E-state index contributed by atoms with van der Waals surface area (Å²) in [5.41, 5.74) is 4.79. The second-order valence-corrected chi connectivity index (χ2v) is 11.3. The quantitative estimate of drug-likeness (QED) is 0.486. The predicted molar refractivity (Wildman–Crippen MR) is 129 cm³/mol. The second-order valence-electron chi connectivity index (χ2n) is 9.91. The van der Waals surface area contributed by atoms with Crippen LogP contribution in [0.25, 0.3) is 0 Å². The maximum Gasteiger partial charge on any atom is 0.275 e. The number of fused-ring (bicyclic) bond motifs is 1. The molecule has 0 spiro atoms. The van der Waals surface area contributed by atoms with Crippen LogP contribution in [-0.4, -0.2) is 52.0 Å². The van der Waals surface area contributed by atoms with Crippen LogP contribution in [0.5, 0.6) is 5.88 Å². The van der Waals surface area contributed by atoms with Gasteiger partial charge in [-0.05, 0) is 19.4 Å². The number of carbonyl (C=O) groups is 1. The van der Waals surface area contributed by atoms with E-state index in [1.807, 2.05) is 0 Å². The SMILES string of the molecule is COC[C@]12C[C@H]1[C@@](C)(c1cc(NC(=O)c3cnc(OCC4CC(F)(F)C4)cn3)cc(F)c1F)N=C(N)S2. The second kappa shape index (κ2) is 9.12. The highest BCUT2D eigenvalue weighted by atomic mass is 32.2. The molecular weight excluding hydrogens is 514 g/mol. The van der Waals surface area contributed by atoms with Crippen molar-refractivity contribution >= 4 is 28.5 Å². The molecule has 8 nitrogen and oxygen atoms in total. The summed E-state index contributed by atoms with van der Waals surface area (Å²) in [5.74, 6) is -5.86. The molecule has 5 rings (SSSR count). The van der Waals surface area contributed by atoms with Gasteiger partial charge in [0.25, 0.3) is 5.91 Å². The van der Waals surface area contributed by atoms with Gasteiger partial charge in [0.05, 0.1) is 35.9 Å². The molecule has 2 saturated carbocycles. The lowest BCUT2D eigenvalue weighted by molar-refractivity contribution is -0.119. The number of carbonyl (C=O) groups excluding carboxylic acids is 1. The van der Waals surface area contributed by atoms with Crippen molar-refractivity contribution in [2.24, 2.45) is 22.6 Å². The van der Waals surface area contributed by atoms with Crippen molar-refractivity contribution in [2.45, 2.75) is 42.4 Å². The third kappa shape index (κ3) is 4.86. The summed E-state index contributed by atoms with van der Waals surface area (Å²) in [6, 6.07) is 2.22. The maximum absolute atomic E-state index is 15.0. The van der Waals surface area contributed by atoms with Crippen molar-refractivity contribution in [1.82, 2.24) is 9.97 Å². The molecule has 198 valence electrons. The lowest BCUT2D eigenvalue weighted by Gasteiger charge is -2.34. The van der Waals surface area contributed by atoms with Gasteiger partial charge in [0.15, 0.2) is 16.8 Å². The minimum Gasteiger partial charge on any atom is -0.476 e. The van der Waals surface area contributed by atoms with Crippen LogP contribution in [0.4, 0.5) is 23.2 Å². The Bertz CT molecular complexity index is 1260. The summed E-state index contributed by atoms with van der Waals surface area (Å²) in [6.07, 6.45) is 2.54. The lowest BCUT2D eigenvalue weighted by Crippen LogP contribution is -2.38. The molecule has 3 atom stereocenters. The van der Waals surface area contributed by atoms with E-state index >= 15 is 4.39 Å². The first-order valence-electron chi connectivity index (χ1n) is 11.6. The van der Waals surface area contributed by atoms with E-state index < -0.39 is 29.0 Å². The Morgan fingerprint density at radius 2 is 1.97 bits per heavy atom. The Morgan fingerprint density at radius 1 is 1.22 bits per heavy atom. The van der Waals surface area contributed by atoms with E-state index in [-0.39, 0.29) is 64.0 Å². The number of thioether (sulfide) groups is 1. The molecule has 0 unspecified atom stereocenters. The van der Waals surface area contributed by atoms with Gasteiger partial charge in [-0.15, -0.1) is 0 Å². The highest BCUT2D eigenvalue weighted by Gasteiger charge is 2.66. The van der Waals surface area contributed by atoms with Crippen molar-refractivity contribution in [3.05, 3.63) is 47.4 Å². The molecule has 1 aliphatic heterocycles. The van der Waals surface area contributed by atoms with Crippen LogP contribution >= 0.6 is 11.8 Å². The first-order chi connectivity index (χ1) is 17.4. The number of amidine groups is 1. The number of aromatic nitrogens is 2. The number of alkyl halides is 2. The van der Waals surface area contributed by atoms with Crippen LogP contribution in [-0.2, 0) is 10.3 Å². The van der Waals surface area contributed by atoms with Crippen LogP contribution in [0.1, 0.15) is 42.2 Å². The van der Waals surface area contributed by atoms with Crippen molar-refractivity contribution in [3.63, 3.8) is 0 Å². The van der Waals surface area contributed by atoms with Crippen molar-refractivity contribution in [2.75, 3.05) is 25.6 Å². The van der Waals surface area contributed by atoms with E-state index in [1.54, 1.807) is 14.0 Å². The van der Waals surface area contributed by atoms with Crippen LogP contribution in [0.2, 0.25) is 0 Å². The Kier molecular flexibility index (Phi) is 6.34. The van der Waals surface area contributed by atoms with Crippen molar-refractivity contribution in [1.29, 1.82) is 0 Å². The molecule has 1 aromatic carbocycles. The van der Waals surface area contributed by atoms with Crippen LogP contribution in [0.15, 0.2) is 29.5 Å². The number of amides is 1. The fourth-order valence-corrected chi connectivity index (χ4v) is 6.62. The molecule has 2 heterocycles. The zero-order chi connectivity index (χ0) is 26.6. The number of hydrogen-bond donors (Lipinski definition) is 2. The average molecular weight is 540 g/mol. The van der Waals surface area contributed by atoms with Gasteiger partial charge < -0.3 is 20.5 Å². The Balaban J connectivity index is 1.30. The number of hydrogen-bond acceptors (Lipinski definition) is 8. The van der Waals surface area contributed by atoms with Crippen LogP contribution < -0.4 is 15.8 Å². The van der Waals surface area contributed by atoms with Gasteiger partial charge in [0, 0.05) is 49.1 Å². The summed E-state index contributed by atoms with van der Waals surface area (Å²) < 4.78 is 65.9. The minimum absolute atomic E-state index is 0.0122. The number of anilines is 1. The number of nitrogens with two attached hydrogens (primary N) is 1. The number of benzene rings is 1. The number of halogens is 4. The van der Waals surface area contributed by atoms with Crippen molar-refractivity contribution < 1.29 is 31.8 Å². The fraction of sp³-hybridized carbons (Fsp3) is 0.500. The first-order valence-corrected chi connectivity index (χ1v) is 12.4. The predicted octanol–water partition coefficient (Wildman–Crippen LogP) is 4.11. The molecule has 0 bridgehead atoms. The zero-order valence-corrected chi connectivity index (χ0v) is 20.9. The maximum atomic E-state index is 15.0. The van der Waals surface area contributed by atoms with E-state index in [0.717, 1.165) is 12.3 Å². The van der Waals surface area contributed by atoms with Gasteiger partial charge in [0.1, 0.15) is 5.69 Å². The molecule has 0 radical (unpaired) electrons. The molecule has 2 fully saturated rings. The number of rotatable bonds is 8. The van der Waals surface area contributed by atoms with E-state index in [1.165, 1.54) is 24.0 Å². The Hall–Kier alpha value is -2.93. The number of nitrogens with one attached hydrogen (secondary N) is 1. The van der Waals surface area contributed by atoms with Gasteiger partial charge in [0.2, 0.25) is 11.8 Å². The fourth-order valence-electron chi connectivity index (χ4n) is 5.17. The third-order valence-electron chi connectivity index (χ3n) is 7.08. The standard InChI is InChI=1S/C24H25F4N5O3S/c1-22(17-7-23(17,11-35-2)37-21(29)33-22)14-3-13(4-15(25)19(14)26)32-20(34)16-8-31-18(9-30-16)36-10-12-5-24(27,28)6-12/h3-4,8-9,12,17H,5-7,10-11H2,1-2H3,(H2,29,33)(H,32,34)/t17-,22+,23+/m0/s1. The molecule has 37 heavy (non-hydrogen) atoms. The van der Waals surface area contributed by atoms with E-state index in [9.17, 15) is 18.0 Å². The zero-order valence-electron chi connectivity index (χ0n) is 20.1. The topological polar surface area (TPSA) is 112 Å². The van der Waals surface area contributed by atoms with Gasteiger partial charge in [-0.1, -0.05) is 11.8 Å². The highest BCUT2D eigenvalue weighted by molar-refractivity contribution is 8.15. The van der Waals surface area contributed by atoms with E-state index in [4.69, 9.17) is 15.2 Å². The van der Waals surface area contributed by atoms with Gasteiger partial charge >= 0.3 is 0 Å². The average Bonchev–Trinajstić information content (AvgIpc) is 3.53. The first kappa shape index (κ1) is 25.7. The third-order valence-corrected chi connectivity index (χ3v) is 8.35. The molecule has 0 saturated heterocycles. The van der Waals surface area contributed by atoms with Crippen molar-refractivity contribution in [3.8, 4) is 5.88 Å². The van der Waals surface area contributed by atoms with E-state index in [2.05, 4.69) is 20.3 Å². The molecule has 2 aromatic rings. The molecule has 1 aromatic heterocycles. The summed E-state index contributed by atoms with van der Waals surface area (Å²) in [6.45, 7) is 2.16. The smallest absolute Gasteiger partial charge is 0.275 e. The number of methoxy groups -OCH3 is 1. The van der Waals surface area contributed by atoms with Gasteiger partial charge in [-0.3, -0.25) is 9.79 Å². The monoisotopic (exact) mass is 539 g/mol. The number of ether oxygens (including phenoxy) is 2.